The fraction of sp³-hybridized carbons (Fsp3) is 0.125. The van der Waals surface area contributed by atoms with Gasteiger partial charge in [-0.1, -0.05) is 59.1 Å². The Labute approximate surface area is 190 Å². The molecule has 1 heterocycles. The zero-order chi connectivity index (χ0) is 22.1. The number of nitrogens with one attached hydrogen (secondary N) is 1. The van der Waals surface area contributed by atoms with Crippen molar-refractivity contribution in [1.82, 2.24) is 14.8 Å². The van der Waals surface area contributed by atoms with Gasteiger partial charge in [-0.05, 0) is 62.2 Å². The van der Waals surface area contributed by atoms with Gasteiger partial charge in [0, 0.05) is 21.3 Å². The van der Waals surface area contributed by atoms with Crippen LogP contribution in [-0.2, 0) is 0 Å². The average Bonchev–Trinajstić information content (AvgIpc) is 3.18. The maximum Gasteiger partial charge on any atom is 0.295 e. The first-order valence-electron chi connectivity index (χ1n) is 9.70. The minimum Gasteiger partial charge on any atom is -0.319 e. The zero-order valence-corrected chi connectivity index (χ0v) is 18.8. The highest BCUT2D eigenvalue weighted by Crippen LogP contribution is 2.27. The van der Waals surface area contributed by atoms with Crippen molar-refractivity contribution >= 4 is 34.8 Å². The Kier molecular flexibility index (Phi) is 5.81. The van der Waals surface area contributed by atoms with E-state index in [4.69, 9.17) is 23.2 Å². The van der Waals surface area contributed by atoms with Gasteiger partial charge in [0.1, 0.15) is 0 Å². The molecule has 0 bridgehead atoms. The number of nitrogens with zero attached hydrogens (tertiary/aromatic N) is 3. The summed E-state index contributed by atoms with van der Waals surface area (Å²) in [5.74, 6) is 0.181. The van der Waals surface area contributed by atoms with Crippen molar-refractivity contribution in [2.75, 3.05) is 5.32 Å². The maximum absolute atomic E-state index is 12.9. The van der Waals surface area contributed by atoms with Crippen molar-refractivity contribution < 1.29 is 4.79 Å². The molecule has 5 nitrogen and oxygen atoms in total. The van der Waals surface area contributed by atoms with Gasteiger partial charge >= 0.3 is 0 Å². The van der Waals surface area contributed by atoms with Gasteiger partial charge in [0.15, 0.2) is 5.82 Å². The normalized spacial score (nSPS) is 10.9. The minimum atomic E-state index is -0.424. The number of amides is 1. The van der Waals surface area contributed by atoms with Crippen LogP contribution in [0.15, 0.2) is 60.7 Å². The molecule has 4 aromatic rings. The molecule has 0 radical (unpaired) electrons. The van der Waals surface area contributed by atoms with Gasteiger partial charge in [0.05, 0.1) is 5.69 Å². The predicted octanol–water partition coefficient (Wildman–Crippen LogP) is 6.42. The largest absolute Gasteiger partial charge is 0.319 e. The van der Waals surface area contributed by atoms with Crippen molar-refractivity contribution in [3.05, 3.63) is 93.2 Å². The summed E-state index contributed by atoms with van der Waals surface area (Å²) >= 11 is 12.5. The topological polar surface area (TPSA) is 59.8 Å². The lowest BCUT2D eigenvalue weighted by Crippen LogP contribution is -2.14. The molecular formula is C24H20Cl2N4O. The maximum atomic E-state index is 12.9. The van der Waals surface area contributed by atoms with Gasteiger partial charge in [-0.2, -0.15) is 0 Å². The molecule has 0 fully saturated rings. The highest BCUT2D eigenvalue weighted by molar-refractivity contribution is 6.32. The SMILES string of the molecule is Cc1cccc(-c2nc(C(=O)Nc3ccc(C)c(Cl)c3)nn2-c2cccc(Cl)c2C)c1. The molecule has 0 saturated heterocycles. The highest BCUT2D eigenvalue weighted by Gasteiger charge is 2.20. The first-order valence-corrected chi connectivity index (χ1v) is 10.5. The average molecular weight is 451 g/mol. The van der Waals surface area contributed by atoms with E-state index >= 15 is 0 Å². The monoisotopic (exact) mass is 450 g/mol. The van der Waals surface area contributed by atoms with Gasteiger partial charge in [0.25, 0.3) is 5.91 Å². The summed E-state index contributed by atoms with van der Waals surface area (Å²) in [6.45, 7) is 5.82. The molecule has 4 rings (SSSR count). The molecule has 1 aromatic heterocycles. The number of aromatic nitrogens is 3. The highest BCUT2D eigenvalue weighted by atomic mass is 35.5. The van der Waals surface area contributed by atoms with Crippen molar-refractivity contribution in [3.8, 4) is 17.1 Å². The summed E-state index contributed by atoms with van der Waals surface area (Å²) in [6.07, 6.45) is 0. The molecule has 0 atom stereocenters. The van der Waals surface area contributed by atoms with E-state index in [9.17, 15) is 4.79 Å². The molecule has 1 N–H and O–H groups in total. The molecule has 31 heavy (non-hydrogen) atoms. The first kappa shape index (κ1) is 21.1. The molecule has 156 valence electrons. The fourth-order valence-corrected chi connectivity index (χ4v) is 3.58. The number of carbonyl (C=O) groups is 1. The second kappa shape index (κ2) is 8.53. The van der Waals surface area contributed by atoms with E-state index in [-0.39, 0.29) is 5.82 Å². The number of anilines is 1. The first-order chi connectivity index (χ1) is 14.8. The quantitative estimate of drug-likeness (QED) is 0.390. The van der Waals surface area contributed by atoms with Gasteiger partial charge in [-0.15, -0.1) is 5.10 Å². The Morgan fingerprint density at radius 2 is 1.71 bits per heavy atom. The van der Waals surface area contributed by atoms with Crippen LogP contribution >= 0.6 is 23.2 Å². The minimum absolute atomic E-state index is 0.0487. The Morgan fingerprint density at radius 3 is 2.45 bits per heavy atom. The number of hydrogen-bond donors (Lipinski definition) is 1. The molecule has 0 unspecified atom stereocenters. The third-order valence-corrected chi connectivity index (χ3v) is 5.80. The second-order valence-electron chi connectivity index (χ2n) is 7.34. The molecule has 1 amide bonds. The number of aryl methyl sites for hydroxylation is 2. The van der Waals surface area contributed by atoms with Crippen LogP contribution in [-0.4, -0.2) is 20.7 Å². The third-order valence-electron chi connectivity index (χ3n) is 4.98. The standard InChI is InChI=1S/C24H20Cl2N4O/c1-14-6-4-7-17(12-14)23-28-22(24(31)27-18-11-10-15(2)20(26)13-18)29-30(23)21-9-5-8-19(25)16(21)3/h4-13H,1-3H3,(H,27,31). The Hall–Kier alpha value is -3.15. The Balaban J connectivity index is 1.80. The predicted molar refractivity (Wildman–Crippen MR) is 125 cm³/mol. The summed E-state index contributed by atoms with van der Waals surface area (Å²) < 4.78 is 1.66. The molecule has 0 aliphatic rings. The van der Waals surface area contributed by atoms with Crippen LogP contribution in [0, 0.1) is 20.8 Å². The van der Waals surface area contributed by atoms with Gasteiger partial charge < -0.3 is 5.32 Å². The van der Waals surface area contributed by atoms with E-state index in [1.807, 2.05) is 69.3 Å². The molecule has 0 saturated carbocycles. The summed E-state index contributed by atoms with van der Waals surface area (Å²) in [4.78, 5) is 17.5. The van der Waals surface area contributed by atoms with Gasteiger partial charge in [-0.25, -0.2) is 9.67 Å². The number of halogens is 2. The third kappa shape index (κ3) is 4.33. The lowest BCUT2D eigenvalue weighted by atomic mass is 10.1. The lowest BCUT2D eigenvalue weighted by Gasteiger charge is -2.10. The number of rotatable bonds is 4. The molecule has 0 aliphatic carbocycles. The van der Waals surface area contributed by atoms with E-state index in [0.29, 0.717) is 21.6 Å². The summed E-state index contributed by atoms with van der Waals surface area (Å²) in [5, 5.41) is 8.54. The van der Waals surface area contributed by atoms with E-state index in [1.54, 1.807) is 16.8 Å². The van der Waals surface area contributed by atoms with Crippen LogP contribution in [0.4, 0.5) is 5.69 Å². The van der Waals surface area contributed by atoms with E-state index in [0.717, 1.165) is 27.9 Å². The molecular weight excluding hydrogens is 431 g/mol. The van der Waals surface area contributed by atoms with E-state index < -0.39 is 5.91 Å². The number of hydrogen-bond acceptors (Lipinski definition) is 3. The van der Waals surface area contributed by atoms with Crippen LogP contribution in [0.25, 0.3) is 17.1 Å². The summed E-state index contributed by atoms with van der Waals surface area (Å²) in [7, 11) is 0. The molecule has 3 aromatic carbocycles. The summed E-state index contributed by atoms with van der Waals surface area (Å²) in [5.41, 5.74) is 5.04. The van der Waals surface area contributed by atoms with Crippen LogP contribution < -0.4 is 5.32 Å². The smallest absolute Gasteiger partial charge is 0.295 e. The Morgan fingerprint density at radius 1 is 0.935 bits per heavy atom. The van der Waals surface area contributed by atoms with Crippen LogP contribution in [0.3, 0.4) is 0 Å². The van der Waals surface area contributed by atoms with E-state index in [2.05, 4.69) is 15.4 Å². The van der Waals surface area contributed by atoms with Crippen LogP contribution in [0.2, 0.25) is 10.0 Å². The van der Waals surface area contributed by atoms with Crippen molar-refractivity contribution in [1.29, 1.82) is 0 Å². The van der Waals surface area contributed by atoms with Crippen molar-refractivity contribution in [2.45, 2.75) is 20.8 Å². The Bertz CT molecular complexity index is 1300. The van der Waals surface area contributed by atoms with Crippen molar-refractivity contribution in [3.63, 3.8) is 0 Å². The summed E-state index contributed by atoms with van der Waals surface area (Å²) in [6, 6.07) is 18.8. The van der Waals surface area contributed by atoms with Crippen LogP contribution in [0.1, 0.15) is 27.3 Å². The number of carbonyl (C=O) groups excluding carboxylic acids is 1. The van der Waals surface area contributed by atoms with Gasteiger partial charge in [-0.3, -0.25) is 4.79 Å². The molecule has 0 aliphatic heterocycles. The fourth-order valence-electron chi connectivity index (χ4n) is 3.23. The van der Waals surface area contributed by atoms with Crippen molar-refractivity contribution in [2.24, 2.45) is 0 Å². The van der Waals surface area contributed by atoms with E-state index in [1.165, 1.54) is 0 Å². The zero-order valence-electron chi connectivity index (χ0n) is 17.3. The number of benzene rings is 3. The molecule has 0 spiro atoms. The lowest BCUT2D eigenvalue weighted by molar-refractivity contribution is 0.101. The van der Waals surface area contributed by atoms with Gasteiger partial charge in [0.2, 0.25) is 5.82 Å². The van der Waals surface area contributed by atoms with Crippen LogP contribution in [0.5, 0.6) is 0 Å². The second-order valence-corrected chi connectivity index (χ2v) is 8.16. The molecule has 7 heteroatoms.